The Labute approximate surface area is 117 Å². The number of aryl methyl sites for hydroxylation is 1. The van der Waals surface area contributed by atoms with E-state index in [1.54, 1.807) is 0 Å². The molecule has 1 N–H and O–H groups in total. The van der Waals surface area contributed by atoms with E-state index in [2.05, 4.69) is 37.1 Å². The number of hydrogen-bond donors (Lipinski definition) is 1. The van der Waals surface area contributed by atoms with Crippen molar-refractivity contribution in [3.63, 3.8) is 0 Å². The molecule has 0 spiro atoms. The van der Waals surface area contributed by atoms with Gasteiger partial charge < -0.3 is 9.73 Å². The number of furan rings is 1. The number of likely N-dealkylation sites (tertiary alicyclic amines) is 1. The first-order valence-corrected chi connectivity index (χ1v) is 7.77. The minimum Gasteiger partial charge on any atom is -0.465 e. The second-order valence-corrected chi connectivity index (χ2v) is 5.65. The molecular weight excluding hydrogens is 236 g/mol. The molecule has 1 aliphatic heterocycles. The van der Waals surface area contributed by atoms with Crippen LogP contribution < -0.4 is 5.32 Å². The van der Waals surface area contributed by atoms with Gasteiger partial charge in [-0.15, -0.1) is 0 Å². The predicted molar refractivity (Wildman–Crippen MR) is 79.2 cm³/mol. The average molecular weight is 264 g/mol. The minimum absolute atomic E-state index is 0.774. The maximum atomic E-state index is 5.85. The van der Waals surface area contributed by atoms with Crippen molar-refractivity contribution in [3.05, 3.63) is 23.2 Å². The third-order valence-corrected chi connectivity index (χ3v) is 4.14. The lowest BCUT2D eigenvalue weighted by molar-refractivity contribution is 0.238. The molecule has 1 fully saturated rings. The molecule has 2 rings (SSSR count). The van der Waals surface area contributed by atoms with Crippen molar-refractivity contribution in [2.24, 2.45) is 0 Å². The van der Waals surface area contributed by atoms with Gasteiger partial charge in [0.05, 0.1) is 6.54 Å². The van der Waals surface area contributed by atoms with E-state index in [4.69, 9.17) is 4.42 Å². The quantitative estimate of drug-likeness (QED) is 0.764. The monoisotopic (exact) mass is 264 g/mol. The first-order valence-electron chi connectivity index (χ1n) is 7.77. The van der Waals surface area contributed by atoms with Crippen LogP contribution in [0.25, 0.3) is 0 Å². The summed E-state index contributed by atoms with van der Waals surface area (Å²) in [4.78, 5) is 2.61. The fourth-order valence-corrected chi connectivity index (χ4v) is 3.00. The van der Waals surface area contributed by atoms with Gasteiger partial charge in [-0.1, -0.05) is 13.8 Å². The van der Waals surface area contributed by atoms with Gasteiger partial charge >= 0.3 is 0 Å². The smallest absolute Gasteiger partial charge is 0.118 e. The van der Waals surface area contributed by atoms with Gasteiger partial charge in [0.1, 0.15) is 11.5 Å². The molecule has 0 aromatic carbocycles. The third-order valence-electron chi connectivity index (χ3n) is 4.14. The molecule has 108 valence electrons. The molecule has 1 atom stereocenters. The van der Waals surface area contributed by atoms with Crippen molar-refractivity contribution in [1.82, 2.24) is 10.2 Å². The summed E-state index contributed by atoms with van der Waals surface area (Å²) in [6, 6.07) is 3.01. The average Bonchev–Trinajstić information content (AvgIpc) is 2.98. The van der Waals surface area contributed by atoms with E-state index >= 15 is 0 Å². The summed E-state index contributed by atoms with van der Waals surface area (Å²) in [5.41, 5.74) is 1.37. The lowest BCUT2D eigenvalue weighted by atomic mass is 10.1. The molecule has 0 saturated carbocycles. The van der Waals surface area contributed by atoms with Gasteiger partial charge in [0, 0.05) is 18.2 Å². The van der Waals surface area contributed by atoms with Crippen LogP contribution in [0.5, 0.6) is 0 Å². The van der Waals surface area contributed by atoms with Gasteiger partial charge in [-0.25, -0.2) is 0 Å². The van der Waals surface area contributed by atoms with E-state index in [1.165, 1.54) is 37.8 Å². The fraction of sp³-hybridized carbons (Fsp3) is 0.750. The lowest BCUT2D eigenvalue weighted by Gasteiger charge is -2.22. The Bertz CT molecular complexity index is 386. The zero-order chi connectivity index (χ0) is 13.7. The molecule has 1 aromatic heterocycles. The summed E-state index contributed by atoms with van der Waals surface area (Å²) in [5.74, 6) is 2.17. The molecule has 3 heteroatoms. The van der Waals surface area contributed by atoms with Crippen molar-refractivity contribution in [3.8, 4) is 0 Å². The second-order valence-electron chi connectivity index (χ2n) is 5.65. The second kappa shape index (κ2) is 7.11. The maximum Gasteiger partial charge on any atom is 0.118 e. The van der Waals surface area contributed by atoms with Crippen LogP contribution in [0.15, 0.2) is 10.5 Å². The molecule has 3 nitrogen and oxygen atoms in total. The molecule has 0 radical (unpaired) electrons. The van der Waals surface area contributed by atoms with Crippen molar-refractivity contribution < 1.29 is 4.42 Å². The largest absolute Gasteiger partial charge is 0.465 e. The number of nitrogens with one attached hydrogen (secondary N) is 1. The van der Waals surface area contributed by atoms with Gasteiger partial charge in [-0.3, -0.25) is 4.90 Å². The van der Waals surface area contributed by atoms with Gasteiger partial charge in [0.2, 0.25) is 0 Å². The zero-order valence-electron chi connectivity index (χ0n) is 12.7. The molecule has 0 bridgehead atoms. The zero-order valence-corrected chi connectivity index (χ0v) is 12.7. The molecule has 1 aromatic rings. The minimum atomic E-state index is 0.774. The molecule has 1 aliphatic rings. The van der Waals surface area contributed by atoms with Crippen LogP contribution in [-0.4, -0.2) is 24.0 Å². The van der Waals surface area contributed by atoms with Gasteiger partial charge in [-0.2, -0.15) is 0 Å². The Hall–Kier alpha value is -0.800. The Morgan fingerprint density at radius 3 is 3.00 bits per heavy atom. The van der Waals surface area contributed by atoms with Crippen LogP contribution in [0, 0.1) is 6.92 Å². The van der Waals surface area contributed by atoms with Crippen molar-refractivity contribution in [2.75, 3.05) is 13.1 Å². The van der Waals surface area contributed by atoms with Crippen LogP contribution in [-0.2, 0) is 13.1 Å². The predicted octanol–water partition coefficient (Wildman–Crippen LogP) is 3.46. The SMILES string of the molecule is CCCNCc1cc(CN2CCCC2CC)c(C)o1. The van der Waals surface area contributed by atoms with Gasteiger partial charge in [0.15, 0.2) is 0 Å². The van der Waals surface area contributed by atoms with E-state index in [0.29, 0.717) is 0 Å². The summed E-state index contributed by atoms with van der Waals surface area (Å²) in [6.07, 6.45) is 5.14. The highest BCUT2D eigenvalue weighted by molar-refractivity contribution is 5.21. The Kier molecular flexibility index (Phi) is 5.46. The lowest BCUT2D eigenvalue weighted by Crippen LogP contribution is -2.28. The normalized spacial score (nSPS) is 20.3. The highest BCUT2D eigenvalue weighted by Gasteiger charge is 2.23. The van der Waals surface area contributed by atoms with E-state index < -0.39 is 0 Å². The summed E-state index contributed by atoms with van der Waals surface area (Å²) in [5, 5.41) is 3.40. The molecule has 2 heterocycles. The van der Waals surface area contributed by atoms with E-state index in [0.717, 1.165) is 37.2 Å². The number of nitrogens with zero attached hydrogens (tertiary/aromatic N) is 1. The standard InChI is InChI=1S/C16H28N2O/c1-4-8-17-11-16-10-14(13(3)19-16)12-18-9-6-7-15(18)5-2/h10,15,17H,4-9,11-12H2,1-3H3. The summed E-state index contributed by atoms with van der Waals surface area (Å²) in [7, 11) is 0. The van der Waals surface area contributed by atoms with Crippen molar-refractivity contribution in [2.45, 2.75) is 65.6 Å². The van der Waals surface area contributed by atoms with Gasteiger partial charge in [-0.05, 0) is 51.8 Å². The molecule has 19 heavy (non-hydrogen) atoms. The third kappa shape index (κ3) is 3.83. The summed E-state index contributed by atoms with van der Waals surface area (Å²) < 4.78 is 5.85. The molecular formula is C16H28N2O. The fourth-order valence-electron chi connectivity index (χ4n) is 3.00. The van der Waals surface area contributed by atoms with E-state index in [-0.39, 0.29) is 0 Å². The highest BCUT2D eigenvalue weighted by atomic mass is 16.3. The van der Waals surface area contributed by atoms with E-state index in [1.807, 2.05) is 0 Å². The van der Waals surface area contributed by atoms with Gasteiger partial charge in [0.25, 0.3) is 0 Å². The topological polar surface area (TPSA) is 28.4 Å². The van der Waals surface area contributed by atoms with Crippen molar-refractivity contribution in [1.29, 1.82) is 0 Å². The number of rotatable bonds is 7. The summed E-state index contributed by atoms with van der Waals surface area (Å²) in [6.45, 7) is 10.8. The van der Waals surface area contributed by atoms with Crippen LogP contribution in [0.1, 0.15) is 56.6 Å². The molecule has 0 amide bonds. The summed E-state index contributed by atoms with van der Waals surface area (Å²) >= 11 is 0. The first-order chi connectivity index (χ1) is 9.24. The van der Waals surface area contributed by atoms with Crippen LogP contribution in [0.2, 0.25) is 0 Å². The first kappa shape index (κ1) is 14.6. The van der Waals surface area contributed by atoms with Crippen LogP contribution in [0.3, 0.4) is 0 Å². The maximum absolute atomic E-state index is 5.85. The molecule has 1 unspecified atom stereocenters. The van der Waals surface area contributed by atoms with Crippen LogP contribution >= 0.6 is 0 Å². The van der Waals surface area contributed by atoms with Crippen molar-refractivity contribution >= 4 is 0 Å². The molecule has 1 saturated heterocycles. The highest BCUT2D eigenvalue weighted by Crippen LogP contribution is 2.24. The molecule has 0 aliphatic carbocycles. The number of hydrogen-bond acceptors (Lipinski definition) is 3. The van der Waals surface area contributed by atoms with E-state index in [9.17, 15) is 0 Å². The van der Waals surface area contributed by atoms with Crippen LogP contribution in [0.4, 0.5) is 0 Å². The Balaban J connectivity index is 1.92. The Morgan fingerprint density at radius 1 is 1.42 bits per heavy atom. The Morgan fingerprint density at radius 2 is 2.26 bits per heavy atom.